The molecule has 0 amide bonds. The van der Waals surface area contributed by atoms with Crippen molar-refractivity contribution in [2.45, 2.75) is 25.8 Å². The van der Waals surface area contributed by atoms with Crippen LogP contribution in [0.5, 0.6) is 0 Å². The highest BCUT2D eigenvalue weighted by Crippen LogP contribution is 2.25. The average Bonchev–Trinajstić information content (AvgIpc) is 2.98. The van der Waals surface area contributed by atoms with Crippen molar-refractivity contribution in [2.24, 2.45) is 10.3 Å². The third-order valence-corrected chi connectivity index (χ3v) is 3.52. The van der Waals surface area contributed by atoms with Gasteiger partial charge in [-0.3, -0.25) is 0 Å². The van der Waals surface area contributed by atoms with Crippen LogP contribution in [0, 0.1) is 0 Å². The van der Waals surface area contributed by atoms with Crippen LogP contribution in [0.25, 0.3) is 0 Å². The van der Waals surface area contributed by atoms with E-state index in [1.807, 2.05) is 29.1 Å². The number of hydrogen-bond donors (Lipinski definition) is 0. The Morgan fingerprint density at radius 1 is 0.950 bits per heavy atom. The van der Waals surface area contributed by atoms with E-state index in [1.165, 1.54) is 5.56 Å². The molecule has 2 aromatic rings. The summed E-state index contributed by atoms with van der Waals surface area (Å²) in [5, 5.41) is 8.56. The fraction of sp³-hybridized carbons (Fsp3) is 0.235. The van der Waals surface area contributed by atoms with Crippen molar-refractivity contribution in [3.8, 4) is 0 Å². The predicted molar refractivity (Wildman–Crippen MR) is 80.6 cm³/mol. The van der Waals surface area contributed by atoms with Gasteiger partial charge in [0.1, 0.15) is 5.22 Å². The zero-order chi connectivity index (χ0) is 13.9. The summed E-state index contributed by atoms with van der Waals surface area (Å²) in [6.45, 7) is 4.39. The van der Waals surface area contributed by atoms with E-state index in [0.29, 0.717) is 5.92 Å². The molecule has 0 aliphatic carbocycles. The molecule has 100 valence electrons. The molecule has 1 aliphatic heterocycles. The average molecular weight is 264 g/mol. The van der Waals surface area contributed by atoms with Gasteiger partial charge in [-0.2, -0.15) is 0 Å². The fourth-order valence-corrected chi connectivity index (χ4v) is 2.26. The summed E-state index contributed by atoms with van der Waals surface area (Å²) in [6, 6.07) is 18.7. The summed E-state index contributed by atoms with van der Waals surface area (Å²) in [7, 11) is 0. The van der Waals surface area contributed by atoms with Crippen LogP contribution in [-0.4, -0.2) is 10.9 Å². The van der Waals surface area contributed by atoms with Gasteiger partial charge in [-0.25, -0.2) is 0 Å². The van der Waals surface area contributed by atoms with Crippen LogP contribution in [-0.2, 0) is 0 Å². The highest BCUT2D eigenvalue weighted by atomic mass is 15.5. The van der Waals surface area contributed by atoms with E-state index in [9.17, 15) is 0 Å². The molecular weight excluding hydrogens is 246 g/mol. The van der Waals surface area contributed by atoms with Crippen molar-refractivity contribution in [1.82, 2.24) is 0 Å². The summed E-state index contributed by atoms with van der Waals surface area (Å²) in [6.07, 6.45) is 2.04. The van der Waals surface area contributed by atoms with Crippen molar-refractivity contribution in [3.63, 3.8) is 0 Å². The molecule has 1 heterocycles. The quantitative estimate of drug-likeness (QED) is 0.722. The maximum atomic E-state index is 4.32. The molecule has 2 aromatic carbocycles. The number of hydrogen-bond acceptors (Lipinski definition) is 2. The van der Waals surface area contributed by atoms with Crippen LogP contribution in [0.3, 0.4) is 0 Å². The molecule has 3 heteroatoms. The zero-order valence-corrected chi connectivity index (χ0v) is 11.8. The van der Waals surface area contributed by atoms with Gasteiger partial charge in [-0.15, -0.1) is 4.68 Å². The van der Waals surface area contributed by atoms with Crippen molar-refractivity contribution in [1.29, 1.82) is 0 Å². The van der Waals surface area contributed by atoms with Crippen molar-refractivity contribution < 1.29 is 4.68 Å². The molecular formula is C17H18N3+. The van der Waals surface area contributed by atoms with E-state index >= 15 is 0 Å². The minimum atomic E-state index is 0.0148. The Labute approximate surface area is 119 Å². The molecule has 0 fully saturated rings. The standard InChI is InChI=1S/C17H18N3/c1-13(2)14-8-10-16(11-9-14)20-12-17(18-19-20)15-6-4-3-5-7-15/h3-13,17H,1-2H3/q+1. The van der Waals surface area contributed by atoms with Gasteiger partial charge in [-0.1, -0.05) is 56.3 Å². The largest absolute Gasteiger partial charge is 0.248 e. The highest BCUT2D eigenvalue weighted by molar-refractivity contribution is 5.65. The Morgan fingerprint density at radius 2 is 1.65 bits per heavy atom. The first-order valence-electron chi connectivity index (χ1n) is 6.94. The van der Waals surface area contributed by atoms with Crippen LogP contribution in [0.1, 0.15) is 36.9 Å². The first-order valence-corrected chi connectivity index (χ1v) is 6.94. The Hall–Kier alpha value is -2.29. The molecule has 3 nitrogen and oxygen atoms in total. The zero-order valence-electron chi connectivity index (χ0n) is 11.8. The van der Waals surface area contributed by atoms with Gasteiger partial charge >= 0.3 is 0 Å². The van der Waals surface area contributed by atoms with Crippen LogP contribution in [0.2, 0.25) is 0 Å². The second-order valence-electron chi connectivity index (χ2n) is 5.30. The molecule has 1 aliphatic rings. The monoisotopic (exact) mass is 264 g/mol. The first kappa shape index (κ1) is 12.7. The first-order chi connectivity index (χ1) is 9.74. The van der Waals surface area contributed by atoms with E-state index in [4.69, 9.17) is 0 Å². The van der Waals surface area contributed by atoms with Crippen LogP contribution in [0.15, 0.2) is 64.9 Å². The lowest BCUT2D eigenvalue weighted by Crippen LogP contribution is -1.99. The molecule has 0 saturated heterocycles. The molecule has 0 aromatic heterocycles. The number of benzene rings is 2. The summed E-state index contributed by atoms with van der Waals surface area (Å²) in [4.78, 5) is 0. The molecule has 0 N–H and O–H groups in total. The van der Waals surface area contributed by atoms with E-state index in [1.54, 1.807) is 0 Å². The van der Waals surface area contributed by atoms with Crippen molar-refractivity contribution in [3.05, 3.63) is 65.7 Å². The Kier molecular flexibility index (Phi) is 3.42. The van der Waals surface area contributed by atoms with Crippen LogP contribution < -0.4 is 0 Å². The van der Waals surface area contributed by atoms with Crippen molar-refractivity contribution in [2.75, 3.05) is 0 Å². The second-order valence-corrected chi connectivity index (χ2v) is 5.30. The molecule has 1 atom stereocenters. The predicted octanol–water partition coefficient (Wildman–Crippen LogP) is 4.65. The Balaban J connectivity index is 1.84. The molecule has 0 saturated carbocycles. The third kappa shape index (κ3) is 2.52. The van der Waals surface area contributed by atoms with Crippen LogP contribution >= 0.6 is 0 Å². The minimum absolute atomic E-state index is 0.0148. The molecule has 1 unspecified atom stereocenters. The highest BCUT2D eigenvalue weighted by Gasteiger charge is 2.24. The molecule has 20 heavy (non-hydrogen) atoms. The van der Waals surface area contributed by atoms with E-state index in [0.717, 1.165) is 11.3 Å². The maximum absolute atomic E-state index is 4.32. The number of nitrogens with zero attached hydrogens (tertiary/aromatic N) is 3. The summed E-state index contributed by atoms with van der Waals surface area (Å²) in [5.74, 6) is 0.547. The molecule has 3 rings (SSSR count). The van der Waals surface area contributed by atoms with Crippen molar-refractivity contribution >= 4 is 11.9 Å². The van der Waals surface area contributed by atoms with Gasteiger partial charge < -0.3 is 0 Å². The fourth-order valence-electron chi connectivity index (χ4n) is 2.26. The molecule has 0 bridgehead atoms. The lowest BCUT2D eigenvalue weighted by atomic mass is 10.0. The molecule has 0 radical (unpaired) electrons. The van der Waals surface area contributed by atoms with Gasteiger partial charge in [0.15, 0.2) is 11.9 Å². The van der Waals surface area contributed by atoms with E-state index < -0.39 is 0 Å². The smallest absolute Gasteiger partial charge is 0.102 e. The summed E-state index contributed by atoms with van der Waals surface area (Å²) >= 11 is 0. The SMILES string of the molecule is CC(C)c1ccc([N+]2=CC(c3ccccc3)N=N2)cc1. The normalized spacial score (nSPS) is 17.6. The third-order valence-electron chi connectivity index (χ3n) is 3.52. The Morgan fingerprint density at radius 3 is 2.30 bits per heavy atom. The lowest BCUT2D eigenvalue weighted by molar-refractivity contribution is -0.444. The van der Waals surface area contributed by atoms with Gasteiger partial charge in [0.2, 0.25) is 6.04 Å². The van der Waals surface area contributed by atoms with Gasteiger partial charge in [0, 0.05) is 10.7 Å². The van der Waals surface area contributed by atoms with Gasteiger partial charge in [-0.05, 0) is 23.6 Å². The number of rotatable bonds is 3. The second kappa shape index (κ2) is 5.37. The lowest BCUT2D eigenvalue weighted by Gasteiger charge is -2.04. The Bertz CT molecular complexity index is 640. The minimum Gasteiger partial charge on any atom is -0.102 e. The van der Waals surface area contributed by atoms with Crippen LogP contribution in [0.4, 0.5) is 5.69 Å². The maximum Gasteiger partial charge on any atom is 0.248 e. The molecule has 0 spiro atoms. The van der Waals surface area contributed by atoms with Gasteiger partial charge in [0.05, 0.1) is 0 Å². The van der Waals surface area contributed by atoms with E-state index in [2.05, 4.69) is 60.6 Å². The summed E-state index contributed by atoms with van der Waals surface area (Å²) in [5.41, 5.74) is 3.55. The summed E-state index contributed by atoms with van der Waals surface area (Å²) < 4.78 is 1.85. The van der Waals surface area contributed by atoms with E-state index in [-0.39, 0.29) is 6.04 Å². The van der Waals surface area contributed by atoms with Gasteiger partial charge in [0.25, 0.3) is 0 Å². The topological polar surface area (TPSA) is 27.7 Å².